The fourth-order valence-electron chi connectivity index (χ4n) is 2.96. The van der Waals surface area contributed by atoms with E-state index in [0.717, 1.165) is 37.8 Å². The summed E-state index contributed by atoms with van der Waals surface area (Å²) in [4.78, 5) is 2.33. The van der Waals surface area contributed by atoms with E-state index in [-0.39, 0.29) is 18.1 Å². The van der Waals surface area contributed by atoms with Gasteiger partial charge in [0.2, 0.25) is 0 Å². The predicted octanol–water partition coefficient (Wildman–Crippen LogP) is 2.74. The summed E-state index contributed by atoms with van der Waals surface area (Å²) in [7, 11) is 0. The molecule has 0 amide bonds. The molecule has 3 rings (SSSR count). The molecule has 4 nitrogen and oxygen atoms in total. The molecule has 2 aromatic rings. The number of likely N-dealkylation sites (tertiary alicyclic amines) is 1. The summed E-state index contributed by atoms with van der Waals surface area (Å²) < 4.78 is 28.2. The summed E-state index contributed by atoms with van der Waals surface area (Å²) in [5, 5.41) is 4.40. The quantitative estimate of drug-likeness (QED) is 0.929. The Morgan fingerprint density at radius 1 is 1.26 bits per heavy atom. The molecule has 1 aromatic heterocycles. The molecule has 7 heteroatoms. The van der Waals surface area contributed by atoms with Crippen LogP contribution in [0.4, 0.5) is 8.78 Å². The minimum absolute atomic E-state index is 0. The molecule has 1 atom stereocenters. The van der Waals surface area contributed by atoms with E-state index in [1.165, 1.54) is 23.2 Å². The van der Waals surface area contributed by atoms with Crippen molar-refractivity contribution in [2.75, 3.05) is 19.6 Å². The normalized spacial score (nSPS) is 18.7. The summed E-state index contributed by atoms with van der Waals surface area (Å²) in [6, 6.07) is 5.37. The third-order valence-electron chi connectivity index (χ3n) is 4.12. The van der Waals surface area contributed by atoms with Gasteiger partial charge in [0.25, 0.3) is 0 Å². The van der Waals surface area contributed by atoms with E-state index >= 15 is 0 Å². The van der Waals surface area contributed by atoms with E-state index in [4.69, 9.17) is 5.73 Å². The van der Waals surface area contributed by atoms with E-state index in [0.29, 0.717) is 12.5 Å². The molecule has 23 heavy (non-hydrogen) atoms. The fraction of sp³-hybridized carbons (Fsp3) is 0.438. The van der Waals surface area contributed by atoms with Crippen LogP contribution in [0.5, 0.6) is 0 Å². The zero-order chi connectivity index (χ0) is 15.5. The smallest absolute Gasteiger partial charge is 0.151 e. The number of halogens is 3. The first-order valence-corrected chi connectivity index (χ1v) is 7.58. The standard InChI is InChI=1S/C16H20F2N4.ClH/c17-13-3-4-16(15(18)8-13)22-7-5-14(20-22)11-21-6-1-2-12(9-19)10-21;/h3-5,7-8,12H,1-2,6,9-11,19H2;1H. The van der Waals surface area contributed by atoms with Crippen LogP contribution in [0, 0.1) is 17.6 Å². The molecular formula is C16H21ClF2N4. The van der Waals surface area contributed by atoms with Crippen molar-refractivity contribution in [1.29, 1.82) is 0 Å². The highest BCUT2D eigenvalue weighted by atomic mass is 35.5. The van der Waals surface area contributed by atoms with Gasteiger partial charge in [-0.15, -0.1) is 12.4 Å². The Hall–Kier alpha value is -1.50. The van der Waals surface area contributed by atoms with Gasteiger partial charge in [0.05, 0.1) is 5.69 Å². The first-order valence-electron chi connectivity index (χ1n) is 7.58. The Morgan fingerprint density at radius 2 is 2.09 bits per heavy atom. The monoisotopic (exact) mass is 342 g/mol. The van der Waals surface area contributed by atoms with Crippen LogP contribution in [0.1, 0.15) is 18.5 Å². The summed E-state index contributed by atoms with van der Waals surface area (Å²) in [6.07, 6.45) is 4.04. The van der Waals surface area contributed by atoms with E-state index in [1.54, 1.807) is 6.20 Å². The Labute approximate surface area is 140 Å². The maximum atomic E-state index is 13.8. The van der Waals surface area contributed by atoms with Gasteiger partial charge in [0.15, 0.2) is 5.82 Å². The van der Waals surface area contributed by atoms with Gasteiger partial charge in [-0.2, -0.15) is 5.10 Å². The zero-order valence-electron chi connectivity index (χ0n) is 12.8. The first-order chi connectivity index (χ1) is 10.7. The lowest BCUT2D eigenvalue weighted by atomic mass is 9.98. The minimum atomic E-state index is -0.615. The zero-order valence-corrected chi connectivity index (χ0v) is 13.6. The highest BCUT2D eigenvalue weighted by molar-refractivity contribution is 5.85. The highest BCUT2D eigenvalue weighted by Gasteiger charge is 2.19. The Morgan fingerprint density at radius 3 is 2.83 bits per heavy atom. The maximum Gasteiger partial charge on any atom is 0.151 e. The molecule has 0 bridgehead atoms. The predicted molar refractivity (Wildman–Crippen MR) is 87.8 cm³/mol. The third kappa shape index (κ3) is 4.28. The molecule has 1 aromatic carbocycles. The van der Waals surface area contributed by atoms with Crippen molar-refractivity contribution in [1.82, 2.24) is 14.7 Å². The van der Waals surface area contributed by atoms with Gasteiger partial charge in [-0.25, -0.2) is 13.5 Å². The topological polar surface area (TPSA) is 47.1 Å². The third-order valence-corrected chi connectivity index (χ3v) is 4.12. The SMILES string of the molecule is Cl.NCC1CCCN(Cc2ccn(-c3ccc(F)cc3F)n2)C1. The van der Waals surface area contributed by atoms with Crippen LogP contribution in [0.15, 0.2) is 30.5 Å². The van der Waals surface area contributed by atoms with Crippen LogP contribution in [0.3, 0.4) is 0 Å². The van der Waals surface area contributed by atoms with Crippen LogP contribution in [0.2, 0.25) is 0 Å². The molecule has 1 unspecified atom stereocenters. The summed E-state index contributed by atoms with van der Waals surface area (Å²) >= 11 is 0. The van der Waals surface area contributed by atoms with Gasteiger partial charge in [0.1, 0.15) is 11.5 Å². The van der Waals surface area contributed by atoms with Crippen LogP contribution in [-0.2, 0) is 6.54 Å². The molecule has 0 spiro atoms. The molecular weight excluding hydrogens is 322 g/mol. The average Bonchev–Trinajstić information content (AvgIpc) is 2.95. The molecule has 1 aliphatic heterocycles. The largest absolute Gasteiger partial charge is 0.330 e. The number of aromatic nitrogens is 2. The lowest BCUT2D eigenvalue weighted by molar-refractivity contribution is 0.169. The second kappa shape index (κ2) is 7.86. The van der Waals surface area contributed by atoms with Crippen LogP contribution < -0.4 is 5.73 Å². The van der Waals surface area contributed by atoms with Gasteiger partial charge in [-0.1, -0.05) is 0 Å². The molecule has 1 saturated heterocycles. The Bertz CT molecular complexity index is 647. The number of benzene rings is 1. The van der Waals surface area contributed by atoms with Crippen molar-refractivity contribution in [3.63, 3.8) is 0 Å². The molecule has 0 saturated carbocycles. The number of rotatable bonds is 4. The molecule has 0 aliphatic carbocycles. The van der Waals surface area contributed by atoms with Crippen LogP contribution in [0.25, 0.3) is 5.69 Å². The molecule has 126 valence electrons. The van der Waals surface area contributed by atoms with Crippen molar-refractivity contribution >= 4 is 12.4 Å². The van der Waals surface area contributed by atoms with Gasteiger partial charge in [-0.05, 0) is 50.0 Å². The number of hydrogen-bond acceptors (Lipinski definition) is 3. The van der Waals surface area contributed by atoms with E-state index in [9.17, 15) is 8.78 Å². The van der Waals surface area contributed by atoms with Crippen LogP contribution in [-0.4, -0.2) is 34.3 Å². The molecule has 1 fully saturated rings. The number of nitrogens with two attached hydrogens (primary N) is 1. The fourth-order valence-corrected chi connectivity index (χ4v) is 2.96. The second-order valence-corrected chi connectivity index (χ2v) is 5.83. The Kier molecular flexibility index (Phi) is 6.10. The van der Waals surface area contributed by atoms with E-state index < -0.39 is 11.6 Å². The first kappa shape index (κ1) is 17.8. The van der Waals surface area contributed by atoms with Crippen molar-refractivity contribution in [2.45, 2.75) is 19.4 Å². The van der Waals surface area contributed by atoms with Crippen LogP contribution >= 0.6 is 12.4 Å². The van der Waals surface area contributed by atoms with Crippen molar-refractivity contribution in [3.05, 3.63) is 47.8 Å². The van der Waals surface area contributed by atoms with Gasteiger partial charge < -0.3 is 5.73 Å². The number of nitrogens with zero attached hydrogens (tertiary/aromatic N) is 3. The summed E-state index contributed by atoms with van der Waals surface area (Å²) in [5.74, 6) is -0.657. The highest BCUT2D eigenvalue weighted by Crippen LogP contribution is 2.18. The van der Waals surface area contributed by atoms with Crippen molar-refractivity contribution < 1.29 is 8.78 Å². The summed E-state index contributed by atoms with van der Waals surface area (Å²) in [6.45, 7) is 3.46. The van der Waals surface area contributed by atoms with E-state index in [1.807, 2.05) is 6.07 Å². The van der Waals surface area contributed by atoms with Gasteiger partial charge >= 0.3 is 0 Å². The maximum absolute atomic E-state index is 13.8. The molecule has 1 aliphatic rings. The minimum Gasteiger partial charge on any atom is -0.330 e. The summed E-state index contributed by atoms with van der Waals surface area (Å²) in [5.41, 5.74) is 6.88. The molecule has 0 radical (unpaired) electrons. The average molecular weight is 343 g/mol. The lowest BCUT2D eigenvalue weighted by Crippen LogP contribution is -2.37. The second-order valence-electron chi connectivity index (χ2n) is 5.83. The van der Waals surface area contributed by atoms with Crippen molar-refractivity contribution in [3.8, 4) is 5.69 Å². The molecule has 2 N–H and O–H groups in total. The van der Waals surface area contributed by atoms with Gasteiger partial charge in [0, 0.05) is 25.4 Å². The molecule has 2 heterocycles. The Balaban J connectivity index is 0.00000192. The number of hydrogen-bond donors (Lipinski definition) is 1. The number of piperidine rings is 1. The van der Waals surface area contributed by atoms with E-state index in [2.05, 4.69) is 10.00 Å². The van der Waals surface area contributed by atoms with Crippen molar-refractivity contribution in [2.24, 2.45) is 11.7 Å². The van der Waals surface area contributed by atoms with Gasteiger partial charge in [-0.3, -0.25) is 4.90 Å². The lowest BCUT2D eigenvalue weighted by Gasteiger charge is -2.31.